The summed E-state index contributed by atoms with van der Waals surface area (Å²) in [4.78, 5) is 11.3. The first-order valence-corrected chi connectivity index (χ1v) is 5.90. The van der Waals surface area contributed by atoms with Gasteiger partial charge in [0, 0.05) is 27.7 Å². The number of benzene rings is 1. The molecule has 4 heteroatoms. The number of aromatic nitrogens is 1. The van der Waals surface area contributed by atoms with Gasteiger partial charge in [-0.05, 0) is 32.0 Å². The number of fused-ring (bicyclic) bond motifs is 1. The third kappa shape index (κ3) is 1.73. The van der Waals surface area contributed by atoms with E-state index in [4.69, 9.17) is 5.73 Å². The summed E-state index contributed by atoms with van der Waals surface area (Å²) in [5.41, 5.74) is 6.95. The molecule has 84 valence electrons. The summed E-state index contributed by atoms with van der Waals surface area (Å²) in [7, 11) is 0. The highest BCUT2D eigenvalue weighted by Gasteiger charge is 2.12. The Labute approximate surface area is 102 Å². The quantitative estimate of drug-likeness (QED) is 0.903. The predicted octanol–water partition coefficient (Wildman–Crippen LogP) is 3.08. The number of rotatable bonds is 2. The number of carbonyl (C=O) groups excluding carboxylic acids is 1. The second-order valence-electron chi connectivity index (χ2n) is 4.07. The van der Waals surface area contributed by atoms with Crippen molar-refractivity contribution in [3.8, 4) is 0 Å². The molecule has 0 unspecified atom stereocenters. The minimum Gasteiger partial charge on any atom is -0.366 e. The molecule has 1 amide bonds. The third-order valence-corrected chi connectivity index (χ3v) is 3.08. The number of nitrogens with zero attached hydrogens (tertiary/aromatic N) is 1. The van der Waals surface area contributed by atoms with Crippen LogP contribution in [0.25, 0.3) is 10.9 Å². The Kier molecular flexibility index (Phi) is 2.76. The molecule has 16 heavy (non-hydrogen) atoms. The lowest BCUT2D eigenvalue weighted by atomic mass is 10.1. The largest absolute Gasteiger partial charge is 0.366 e. The van der Waals surface area contributed by atoms with Gasteiger partial charge < -0.3 is 10.3 Å². The van der Waals surface area contributed by atoms with Gasteiger partial charge in [-0.3, -0.25) is 4.79 Å². The van der Waals surface area contributed by atoms with Crippen LogP contribution in [0.2, 0.25) is 0 Å². The van der Waals surface area contributed by atoms with Crippen molar-refractivity contribution in [1.29, 1.82) is 0 Å². The molecule has 0 bridgehead atoms. The average Bonchev–Trinajstić information content (AvgIpc) is 2.59. The Morgan fingerprint density at radius 1 is 1.44 bits per heavy atom. The maximum atomic E-state index is 11.3. The summed E-state index contributed by atoms with van der Waals surface area (Å²) in [5, 5.41) is 0.907. The van der Waals surface area contributed by atoms with Crippen molar-refractivity contribution in [1.82, 2.24) is 4.57 Å². The van der Waals surface area contributed by atoms with E-state index in [0.29, 0.717) is 11.6 Å². The summed E-state index contributed by atoms with van der Waals surface area (Å²) in [6.45, 7) is 4.20. The van der Waals surface area contributed by atoms with Gasteiger partial charge in [-0.15, -0.1) is 0 Å². The van der Waals surface area contributed by atoms with Gasteiger partial charge in [-0.25, -0.2) is 0 Å². The van der Waals surface area contributed by atoms with Crippen molar-refractivity contribution in [2.75, 3.05) is 0 Å². The van der Waals surface area contributed by atoms with Crippen molar-refractivity contribution in [2.24, 2.45) is 5.73 Å². The Morgan fingerprint density at radius 3 is 2.69 bits per heavy atom. The number of hydrogen-bond donors (Lipinski definition) is 1. The Morgan fingerprint density at radius 2 is 2.12 bits per heavy atom. The summed E-state index contributed by atoms with van der Waals surface area (Å²) in [6, 6.07) is 6.05. The molecule has 2 aromatic rings. The molecule has 0 radical (unpaired) electrons. The summed E-state index contributed by atoms with van der Waals surface area (Å²) in [6.07, 6.45) is 1.98. The number of carbonyl (C=O) groups is 1. The predicted molar refractivity (Wildman–Crippen MR) is 68.5 cm³/mol. The number of amides is 1. The first-order valence-electron chi connectivity index (χ1n) is 5.10. The zero-order chi connectivity index (χ0) is 11.9. The zero-order valence-electron chi connectivity index (χ0n) is 9.20. The molecule has 0 spiro atoms. The average molecular weight is 281 g/mol. The molecular formula is C12H13BrN2O. The van der Waals surface area contributed by atoms with Crippen LogP contribution in [-0.4, -0.2) is 10.5 Å². The van der Waals surface area contributed by atoms with E-state index in [0.717, 1.165) is 15.4 Å². The fraction of sp³-hybridized carbons (Fsp3) is 0.250. The molecule has 0 saturated heterocycles. The van der Waals surface area contributed by atoms with Crippen LogP contribution in [0, 0.1) is 0 Å². The maximum absolute atomic E-state index is 11.3. The first-order chi connectivity index (χ1) is 7.50. The van der Waals surface area contributed by atoms with Gasteiger partial charge in [0.2, 0.25) is 5.91 Å². The van der Waals surface area contributed by atoms with E-state index in [9.17, 15) is 4.79 Å². The molecule has 0 aliphatic heterocycles. The van der Waals surface area contributed by atoms with Crippen LogP contribution in [0.1, 0.15) is 30.2 Å². The van der Waals surface area contributed by atoms with Crippen LogP contribution < -0.4 is 5.73 Å². The third-order valence-electron chi connectivity index (χ3n) is 2.62. The molecular weight excluding hydrogens is 268 g/mol. The van der Waals surface area contributed by atoms with Gasteiger partial charge >= 0.3 is 0 Å². The van der Waals surface area contributed by atoms with E-state index >= 15 is 0 Å². The van der Waals surface area contributed by atoms with E-state index in [-0.39, 0.29) is 0 Å². The van der Waals surface area contributed by atoms with Crippen LogP contribution in [0.5, 0.6) is 0 Å². The highest BCUT2D eigenvalue weighted by Crippen LogP contribution is 2.27. The maximum Gasteiger partial charge on any atom is 0.249 e. The summed E-state index contributed by atoms with van der Waals surface area (Å²) >= 11 is 3.40. The van der Waals surface area contributed by atoms with Gasteiger partial charge in [-0.1, -0.05) is 15.9 Å². The Bertz CT molecular complexity index is 557. The second kappa shape index (κ2) is 3.94. The first kappa shape index (κ1) is 11.2. The smallest absolute Gasteiger partial charge is 0.249 e. The minimum atomic E-state index is -0.396. The van der Waals surface area contributed by atoms with Crippen LogP contribution in [0.4, 0.5) is 0 Å². The van der Waals surface area contributed by atoms with E-state index in [2.05, 4.69) is 34.3 Å². The molecule has 0 saturated carbocycles. The summed E-state index contributed by atoms with van der Waals surface area (Å²) in [5.74, 6) is -0.396. The van der Waals surface area contributed by atoms with Gasteiger partial charge in [-0.2, -0.15) is 0 Å². The Hall–Kier alpha value is -1.29. The number of hydrogen-bond acceptors (Lipinski definition) is 1. The zero-order valence-corrected chi connectivity index (χ0v) is 10.8. The van der Waals surface area contributed by atoms with Crippen LogP contribution in [0.3, 0.4) is 0 Å². The van der Waals surface area contributed by atoms with E-state index in [1.807, 2.05) is 18.3 Å². The standard InChI is InChI=1S/C12H13BrN2O/c1-7(2)15-4-3-9-10(12(14)16)5-8(13)6-11(9)15/h3-7H,1-2H3,(H2,14,16). The molecule has 0 atom stereocenters. The van der Waals surface area contributed by atoms with Crippen molar-refractivity contribution in [3.63, 3.8) is 0 Å². The lowest BCUT2D eigenvalue weighted by Crippen LogP contribution is -2.11. The number of nitrogens with two attached hydrogens (primary N) is 1. The van der Waals surface area contributed by atoms with Gasteiger partial charge in [0.15, 0.2) is 0 Å². The van der Waals surface area contributed by atoms with Crippen molar-refractivity contribution in [2.45, 2.75) is 19.9 Å². The van der Waals surface area contributed by atoms with E-state index in [1.54, 1.807) is 6.07 Å². The molecule has 2 N–H and O–H groups in total. The van der Waals surface area contributed by atoms with Crippen molar-refractivity contribution < 1.29 is 4.79 Å². The number of primary amides is 1. The Balaban J connectivity index is 2.81. The molecule has 0 aliphatic rings. The normalized spacial score (nSPS) is 11.2. The van der Waals surface area contributed by atoms with Crippen molar-refractivity contribution >= 4 is 32.7 Å². The molecule has 1 heterocycles. The van der Waals surface area contributed by atoms with Crippen LogP contribution >= 0.6 is 15.9 Å². The highest BCUT2D eigenvalue weighted by atomic mass is 79.9. The lowest BCUT2D eigenvalue weighted by Gasteiger charge is -2.10. The fourth-order valence-electron chi connectivity index (χ4n) is 1.88. The lowest BCUT2D eigenvalue weighted by molar-refractivity contribution is 0.100. The van der Waals surface area contributed by atoms with Gasteiger partial charge in [0.25, 0.3) is 0 Å². The van der Waals surface area contributed by atoms with E-state index in [1.165, 1.54) is 0 Å². The minimum absolute atomic E-state index is 0.354. The van der Waals surface area contributed by atoms with Crippen molar-refractivity contribution in [3.05, 3.63) is 34.4 Å². The van der Waals surface area contributed by atoms with Crippen LogP contribution in [0.15, 0.2) is 28.9 Å². The van der Waals surface area contributed by atoms with Crippen LogP contribution in [-0.2, 0) is 0 Å². The second-order valence-corrected chi connectivity index (χ2v) is 4.98. The molecule has 0 aliphatic carbocycles. The van der Waals surface area contributed by atoms with Gasteiger partial charge in [0.05, 0.1) is 5.52 Å². The summed E-state index contributed by atoms with van der Waals surface area (Å²) < 4.78 is 2.99. The SMILES string of the molecule is CC(C)n1ccc2c(C(N)=O)cc(Br)cc21. The monoisotopic (exact) mass is 280 g/mol. The molecule has 3 nitrogen and oxygen atoms in total. The highest BCUT2D eigenvalue weighted by molar-refractivity contribution is 9.10. The molecule has 2 rings (SSSR count). The molecule has 1 aromatic carbocycles. The number of halogens is 1. The van der Waals surface area contributed by atoms with E-state index < -0.39 is 5.91 Å². The molecule has 1 aromatic heterocycles. The topological polar surface area (TPSA) is 48.0 Å². The molecule has 0 fully saturated rings. The van der Waals surface area contributed by atoms with Gasteiger partial charge in [0.1, 0.15) is 0 Å². The fourth-order valence-corrected chi connectivity index (χ4v) is 2.33.